The molecule has 1 amide bonds. The van der Waals surface area contributed by atoms with Gasteiger partial charge in [-0.25, -0.2) is 0 Å². The van der Waals surface area contributed by atoms with Crippen molar-refractivity contribution in [3.05, 3.63) is 241 Å². The second-order valence-corrected chi connectivity index (χ2v) is 16.4. The molecule has 11 heteroatoms. The Labute approximate surface area is 395 Å². The predicted molar refractivity (Wildman–Crippen MR) is 262 cm³/mol. The molecule has 4 heterocycles. The maximum absolute atomic E-state index is 13.2. The second kappa shape index (κ2) is 20.6. The van der Waals surface area contributed by atoms with Crippen molar-refractivity contribution in [1.82, 2.24) is 35.3 Å². The topological polar surface area (TPSA) is 108 Å². The summed E-state index contributed by atoms with van der Waals surface area (Å²) in [4.78, 5) is 25.8. The monoisotopic (exact) mass is 891 g/mol. The minimum Gasteiger partial charge on any atom is -0.488 e. The minimum atomic E-state index is -0.0697. The van der Waals surface area contributed by atoms with Crippen molar-refractivity contribution in [3.8, 4) is 56.2 Å². The molecule has 10 aromatic rings. The molecule has 6 aromatic carbocycles. The van der Waals surface area contributed by atoms with Crippen molar-refractivity contribution < 1.29 is 18.9 Å². The van der Waals surface area contributed by atoms with Gasteiger partial charge in [-0.15, -0.1) is 4.68 Å². The molecule has 0 saturated carbocycles. The van der Waals surface area contributed by atoms with Crippen LogP contribution in [0.1, 0.15) is 33.5 Å². The van der Waals surface area contributed by atoms with Crippen LogP contribution in [0.5, 0.6) is 5.75 Å². The smallest absolute Gasteiger partial charge is 0.253 e. The molecule has 332 valence electrons. The third-order valence-corrected chi connectivity index (χ3v) is 11.8. The Balaban J connectivity index is 0.835. The molecule has 11 nitrogen and oxygen atoms in total. The van der Waals surface area contributed by atoms with Gasteiger partial charge >= 0.3 is 0 Å². The van der Waals surface area contributed by atoms with E-state index in [1.54, 1.807) is 12.4 Å². The van der Waals surface area contributed by atoms with E-state index in [1.165, 1.54) is 11.1 Å². The fraction of sp³-hybridized carbons (Fsp3) is 0.105. The van der Waals surface area contributed by atoms with Crippen LogP contribution in [0.2, 0.25) is 0 Å². The first-order chi connectivity index (χ1) is 33.6. The van der Waals surface area contributed by atoms with Crippen LogP contribution in [0.4, 0.5) is 0 Å². The van der Waals surface area contributed by atoms with Gasteiger partial charge in [0.05, 0.1) is 20.7 Å². The Morgan fingerprint density at radius 1 is 0.529 bits per heavy atom. The molecular formula is C57H49N9O2+2. The summed E-state index contributed by atoms with van der Waals surface area (Å²) in [6, 6.07) is 61.1. The van der Waals surface area contributed by atoms with Gasteiger partial charge in [-0.3, -0.25) is 14.8 Å². The average molecular weight is 892 g/mol. The molecule has 0 atom stereocenters. The van der Waals surface area contributed by atoms with Gasteiger partial charge < -0.3 is 10.1 Å². The van der Waals surface area contributed by atoms with E-state index in [9.17, 15) is 4.79 Å². The number of aromatic nitrogens is 8. The van der Waals surface area contributed by atoms with Gasteiger partial charge in [0.1, 0.15) is 29.3 Å². The molecule has 68 heavy (non-hydrogen) atoms. The fourth-order valence-electron chi connectivity index (χ4n) is 8.24. The second-order valence-electron chi connectivity index (χ2n) is 16.4. The van der Waals surface area contributed by atoms with Crippen LogP contribution in [0.3, 0.4) is 0 Å². The van der Waals surface area contributed by atoms with E-state index in [2.05, 4.69) is 82.0 Å². The van der Waals surface area contributed by atoms with E-state index in [4.69, 9.17) is 15.2 Å². The zero-order valence-electron chi connectivity index (χ0n) is 37.4. The van der Waals surface area contributed by atoms with Crippen molar-refractivity contribution >= 4 is 5.91 Å². The lowest BCUT2D eigenvalue weighted by molar-refractivity contribution is -0.755. The summed E-state index contributed by atoms with van der Waals surface area (Å²) in [6.07, 6.45) is 13.6. The lowest BCUT2D eigenvalue weighted by atomic mass is 9.99. The molecule has 0 aliphatic rings. The summed E-state index contributed by atoms with van der Waals surface area (Å²) in [5, 5.41) is 13.3. The summed E-state index contributed by atoms with van der Waals surface area (Å²) in [6.45, 7) is 1.67. The van der Waals surface area contributed by atoms with Crippen molar-refractivity contribution in [2.75, 3.05) is 6.54 Å². The fourth-order valence-corrected chi connectivity index (χ4v) is 8.24. The number of ether oxygens (including phenoxy) is 1. The normalized spacial score (nSPS) is 11.1. The number of carbonyl (C=O) groups is 1. The highest BCUT2D eigenvalue weighted by Crippen LogP contribution is 2.30. The number of carbonyl (C=O) groups excluding carboxylic acids is 1. The predicted octanol–water partition coefficient (Wildman–Crippen LogP) is 9.60. The van der Waals surface area contributed by atoms with Gasteiger partial charge in [0.2, 0.25) is 0 Å². The van der Waals surface area contributed by atoms with E-state index in [0.29, 0.717) is 25.3 Å². The number of aryl methyl sites for hydroxylation is 3. The number of nitrogens with one attached hydrogen (secondary N) is 1. The molecule has 0 saturated heterocycles. The van der Waals surface area contributed by atoms with Crippen molar-refractivity contribution in [1.29, 1.82) is 0 Å². The Morgan fingerprint density at radius 3 is 1.78 bits per heavy atom. The van der Waals surface area contributed by atoms with Crippen LogP contribution in [0.15, 0.2) is 219 Å². The minimum absolute atomic E-state index is 0.0697. The number of amides is 1. The first-order valence-corrected chi connectivity index (χ1v) is 22.8. The van der Waals surface area contributed by atoms with Crippen LogP contribution in [-0.4, -0.2) is 42.4 Å². The van der Waals surface area contributed by atoms with E-state index in [1.807, 2.05) is 159 Å². The molecular weight excluding hydrogens is 843 g/mol. The van der Waals surface area contributed by atoms with Crippen molar-refractivity contribution in [2.24, 2.45) is 0 Å². The summed E-state index contributed by atoms with van der Waals surface area (Å²) >= 11 is 0. The number of para-hydroxylation sites is 1. The Hall–Kier alpha value is -8.83. The maximum Gasteiger partial charge on any atom is 0.253 e. The van der Waals surface area contributed by atoms with Gasteiger partial charge in [0, 0.05) is 48.9 Å². The molecule has 0 aliphatic heterocycles. The third kappa shape index (κ3) is 10.0. The molecule has 0 fully saturated rings. The highest BCUT2D eigenvalue weighted by atomic mass is 16.5. The summed E-state index contributed by atoms with van der Waals surface area (Å²) in [7, 11) is 0. The number of hydrogen-bond acceptors (Lipinski definition) is 6. The summed E-state index contributed by atoms with van der Waals surface area (Å²) < 4.78 is 10.1. The van der Waals surface area contributed by atoms with Gasteiger partial charge in [0.15, 0.2) is 18.1 Å². The SMILES string of the molecule is O=C(NCCCc1ccc(-[n+]2cc(-c3cccnc3)n(-n3n[n+](CCc4ccc(COc5ccccc5-c5ccccc5)cc4)cc3-c3cccnc3)n2)cc1)c1ccccc1-c1ccccc1. The molecule has 0 radical (unpaired) electrons. The van der Waals surface area contributed by atoms with Crippen LogP contribution in [0, 0.1) is 0 Å². The van der Waals surface area contributed by atoms with Crippen molar-refractivity contribution in [2.45, 2.75) is 32.4 Å². The molecule has 0 spiro atoms. The third-order valence-electron chi connectivity index (χ3n) is 11.8. The van der Waals surface area contributed by atoms with Gasteiger partial charge in [-0.05, 0) is 94.8 Å². The summed E-state index contributed by atoms with van der Waals surface area (Å²) in [5.41, 5.74) is 12.6. The molecule has 0 bridgehead atoms. The lowest BCUT2D eigenvalue weighted by Crippen LogP contribution is -2.39. The number of benzene rings is 6. The number of pyridine rings is 2. The van der Waals surface area contributed by atoms with E-state index in [0.717, 1.165) is 81.0 Å². The molecule has 10 rings (SSSR count). The van der Waals surface area contributed by atoms with E-state index < -0.39 is 0 Å². The largest absolute Gasteiger partial charge is 0.488 e. The zero-order valence-corrected chi connectivity index (χ0v) is 37.4. The summed E-state index contributed by atoms with van der Waals surface area (Å²) in [5.74, 6) is 0.791. The van der Waals surface area contributed by atoms with Crippen LogP contribution < -0.4 is 19.4 Å². The molecule has 0 aliphatic carbocycles. The molecule has 4 aromatic heterocycles. The van der Waals surface area contributed by atoms with Crippen LogP contribution >= 0.6 is 0 Å². The molecule has 0 unspecified atom stereocenters. The molecule has 1 N–H and O–H groups in total. The van der Waals surface area contributed by atoms with Gasteiger partial charge in [-0.2, -0.15) is 0 Å². The first-order valence-electron chi connectivity index (χ1n) is 22.8. The first kappa shape index (κ1) is 43.1. The maximum atomic E-state index is 13.2. The van der Waals surface area contributed by atoms with E-state index >= 15 is 0 Å². The quantitative estimate of drug-likeness (QED) is 0.0721. The number of nitrogens with zero attached hydrogens (tertiary/aromatic N) is 8. The number of hydrogen-bond donors (Lipinski definition) is 1. The zero-order chi connectivity index (χ0) is 45.9. The Bertz CT molecular complexity index is 3230. The van der Waals surface area contributed by atoms with Crippen molar-refractivity contribution in [3.63, 3.8) is 0 Å². The van der Waals surface area contributed by atoms with Crippen LogP contribution in [-0.2, 0) is 26.0 Å². The standard InChI is InChI=1S/C57H48N9O2/c67-57(53-23-8-7-21-51(53)46-15-3-1-4-16-46)60-36-11-14-43-29-31-50(32-30-43)64-41-55(49-20-13-35-59-39-49)66(62-64)65-54(48-19-12-34-58-38-48)40-63(61-65)37-33-44-25-27-45(28-26-44)42-68-56-24-10-9-22-52(56)47-17-5-2-6-18-47/h1-10,12-13,15-32,34-35,38-41H,11,14,33,36-37,42H2/q+1/p+1. The van der Waals surface area contributed by atoms with E-state index in [-0.39, 0.29) is 5.91 Å². The number of rotatable bonds is 17. The Kier molecular flexibility index (Phi) is 13.0. The lowest BCUT2D eigenvalue weighted by Gasteiger charge is -2.12. The van der Waals surface area contributed by atoms with Gasteiger partial charge in [-0.1, -0.05) is 138 Å². The highest BCUT2D eigenvalue weighted by Gasteiger charge is 2.31. The highest BCUT2D eigenvalue weighted by molar-refractivity contribution is 6.00. The van der Waals surface area contributed by atoms with Crippen LogP contribution in [0.25, 0.3) is 50.5 Å². The average Bonchev–Trinajstić information content (AvgIpc) is 4.06. The Morgan fingerprint density at radius 2 is 1.09 bits per heavy atom. The van der Waals surface area contributed by atoms with Gasteiger partial charge in [0.25, 0.3) is 17.3 Å².